The van der Waals surface area contributed by atoms with E-state index in [1.165, 1.54) is 32.1 Å². The smallest absolute Gasteiger partial charge is 0.00412 e. The Bertz CT molecular complexity index is 167. The number of nitrogens with one attached hydrogen (secondary N) is 1. The zero-order valence-corrected chi connectivity index (χ0v) is 11.1. The van der Waals surface area contributed by atoms with E-state index in [4.69, 9.17) is 0 Å². The summed E-state index contributed by atoms with van der Waals surface area (Å²) >= 11 is 0. The third kappa shape index (κ3) is 4.55. The summed E-state index contributed by atoms with van der Waals surface area (Å²) in [6, 6.07) is 0.697. The zero-order chi connectivity index (χ0) is 11.3. The molecule has 1 heteroatoms. The van der Waals surface area contributed by atoms with Crippen LogP contribution in [-0.4, -0.2) is 12.6 Å². The Hall–Kier alpha value is -0.0400. The Labute approximate surface area is 96.0 Å². The van der Waals surface area contributed by atoms with Crippen molar-refractivity contribution in [1.29, 1.82) is 0 Å². The molecular formula is C14H29N. The van der Waals surface area contributed by atoms with E-state index in [2.05, 4.69) is 33.0 Å². The second-order valence-electron chi connectivity index (χ2n) is 5.70. The van der Waals surface area contributed by atoms with Crippen molar-refractivity contribution < 1.29 is 0 Å². The number of rotatable bonds is 5. The molecule has 0 radical (unpaired) electrons. The third-order valence-electron chi connectivity index (χ3n) is 4.06. The van der Waals surface area contributed by atoms with Gasteiger partial charge in [-0.05, 0) is 44.1 Å². The monoisotopic (exact) mass is 211 g/mol. The first-order chi connectivity index (χ1) is 7.13. The molecule has 4 unspecified atom stereocenters. The minimum Gasteiger partial charge on any atom is -0.315 e. The Kier molecular flexibility index (Phi) is 5.66. The molecule has 0 aromatic carbocycles. The van der Waals surface area contributed by atoms with E-state index in [-0.39, 0.29) is 0 Å². The summed E-state index contributed by atoms with van der Waals surface area (Å²) in [6.07, 6.45) is 7.23. The summed E-state index contributed by atoms with van der Waals surface area (Å²) in [7, 11) is 0. The molecule has 1 aliphatic rings. The molecule has 0 aromatic rings. The Morgan fingerprint density at radius 3 is 2.60 bits per heavy atom. The van der Waals surface area contributed by atoms with Crippen LogP contribution in [0.5, 0.6) is 0 Å². The predicted octanol–water partition coefficient (Wildman–Crippen LogP) is 3.84. The fourth-order valence-electron chi connectivity index (χ4n) is 3.18. The van der Waals surface area contributed by atoms with Gasteiger partial charge >= 0.3 is 0 Å². The van der Waals surface area contributed by atoms with Crippen LogP contribution in [0.15, 0.2) is 0 Å². The molecule has 1 rings (SSSR count). The average Bonchev–Trinajstić information content (AvgIpc) is 2.18. The molecule has 0 spiro atoms. The second-order valence-corrected chi connectivity index (χ2v) is 5.70. The summed E-state index contributed by atoms with van der Waals surface area (Å²) in [6.45, 7) is 10.5. The van der Waals surface area contributed by atoms with Crippen LogP contribution in [-0.2, 0) is 0 Å². The fourth-order valence-corrected chi connectivity index (χ4v) is 3.18. The van der Waals surface area contributed by atoms with Gasteiger partial charge in [-0.2, -0.15) is 0 Å². The molecular weight excluding hydrogens is 182 g/mol. The lowest BCUT2D eigenvalue weighted by molar-refractivity contribution is 0.197. The lowest BCUT2D eigenvalue weighted by Crippen LogP contribution is -2.30. The first kappa shape index (κ1) is 13.0. The van der Waals surface area contributed by atoms with Gasteiger partial charge in [-0.15, -0.1) is 0 Å². The minimum absolute atomic E-state index is 0.697. The molecule has 1 nitrogen and oxygen atoms in total. The normalized spacial score (nSPS) is 31.2. The van der Waals surface area contributed by atoms with Gasteiger partial charge < -0.3 is 5.32 Å². The lowest BCUT2D eigenvalue weighted by Gasteiger charge is -2.32. The Balaban J connectivity index is 2.28. The molecule has 4 atom stereocenters. The van der Waals surface area contributed by atoms with Gasteiger partial charge in [-0.3, -0.25) is 0 Å². The molecule has 1 fully saturated rings. The van der Waals surface area contributed by atoms with E-state index in [1.807, 2.05) is 0 Å². The summed E-state index contributed by atoms with van der Waals surface area (Å²) in [5.74, 6) is 2.87. The molecule has 1 aliphatic carbocycles. The molecule has 0 amide bonds. The number of hydrogen-bond donors (Lipinski definition) is 1. The van der Waals surface area contributed by atoms with Crippen molar-refractivity contribution in [2.75, 3.05) is 6.54 Å². The second kappa shape index (κ2) is 6.52. The Morgan fingerprint density at radius 1 is 1.27 bits per heavy atom. The van der Waals surface area contributed by atoms with Gasteiger partial charge in [-0.1, -0.05) is 40.0 Å². The van der Waals surface area contributed by atoms with Crippen LogP contribution in [0, 0.1) is 17.8 Å². The minimum atomic E-state index is 0.697. The van der Waals surface area contributed by atoms with Crippen LogP contribution in [0.3, 0.4) is 0 Å². The van der Waals surface area contributed by atoms with Crippen molar-refractivity contribution in [3.63, 3.8) is 0 Å². The maximum absolute atomic E-state index is 3.53. The van der Waals surface area contributed by atoms with Crippen molar-refractivity contribution in [3.05, 3.63) is 0 Å². The molecule has 1 N–H and O–H groups in total. The van der Waals surface area contributed by atoms with Crippen LogP contribution < -0.4 is 5.32 Å². The standard InChI is InChI=1S/C14H29N/c1-5-15-13(4)10-12(3)14-8-6-7-11(2)9-14/h11-15H,5-10H2,1-4H3. The highest BCUT2D eigenvalue weighted by Gasteiger charge is 2.24. The van der Waals surface area contributed by atoms with Gasteiger partial charge in [0.05, 0.1) is 0 Å². The third-order valence-corrected chi connectivity index (χ3v) is 4.06. The molecule has 0 saturated heterocycles. The first-order valence-corrected chi connectivity index (χ1v) is 6.86. The van der Waals surface area contributed by atoms with Crippen LogP contribution in [0.1, 0.15) is 59.8 Å². The molecule has 1 saturated carbocycles. The van der Waals surface area contributed by atoms with Gasteiger partial charge in [-0.25, -0.2) is 0 Å². The SMILES string of the molecule is CCNC(C)CC(C)C1CCCC(C)C1. The van der Waals surface area contributed by atoms with Crippen molar-refractivity contribution in [2.24, 2.45) is 17.8 Å². The quantitative estimate of drug-likeness (QED) is 0.728. The van der Waals surface area contributed by atoms with Gasteiger partial charge in [0, 0.05) is 6.04 Å². The van der Waals surface area contributed by atoms with Crippen molar-refractivity contribution in [2.45, 2.75) is 65.8 Å². The summed E-state index contributed by atoms with van der Waals surface area (Å²) in [5.41, 5.74) is 0. The molecule has 15 heavy (non-hydrogen) atoms. The molecule has 0 bridgehead atoms. The Morgan fingerprint density at radius 2 is 2.00 bits per heavy atom. The molecule has 0 aromatic heterocycles. The topological polar surface area (TPSA) is 12.0 Å². The van der Waals surface area contributed by atoms with Crippen molar-refractivity contribution in [1.82, 2.24) is 5.32 Å². The van der Waals surface area contributed by atoms with Crippen molar-refractivity contribution >= 4 is 0 Å². The number of hydrogen-bond acceptors (Lipinski definition) is 1. The predicted molar refractivity (Wildman–Crippen MR) is 68.0 cm³/mol. The van der Waals surface area contributed by atoms with Crippen LogP contribution in [0.4, 0.5) is 0 Å². The van der Waals surface area contributed by atoms with Gasteiger partial charge in [0.25, 0.3) is 0 Å². The highest BCUT2D eigenvalue weighted by molar-refractivity contribution is 4.77. The maximum Gasteiger partial charge on any atom is 0.00412 e. The van der Waals surface area contributed by atoms with E-state index in [1.54, 1.807) is 0 Å². The average molecular weight is 211 g/mol. The first-order valence-electron chi connectivity index (χ1n) is 6.86. The largest absolute Gasteiger partial charge is 0.315 e. The van der Waals surface area contributed by atoms with E-state index < -0.39 is 0 Å². The highest BCUT2D eigenvalue weighted by atomic mass is 14.9. The van der Waals surface area contributed by atoms with Crippen LogP contribution >= 0.6 is 0 Å². The fraction of sp³-hybridized carbons (Fsp3) is 1.00. The summed E-state index contributed by atoms with van der Waals surface area (Å²) in [4.78, 5) is 0. The van der Waals surface area contributed by atoms with E-state index in [9.17, 15) is 0 Å². The maximum atomic E-state index is 3.53. The summed E-state index contributed by atoms with van der Waals surface area (Å²) in [5, 5.41) is 3.53. The van der Waals surface area contributed by atoms with Gasteiger partial charge in [0.1, 0.15) is 0 Å². The van der Waals surface area contributed by atoms with E-state index in [0.29, 0.717) is 6.04 Å². The highest BCUT2D eigenvalue weighted by Crippen LogP contribution is 2.35. The molecule has 0 heterocycles. The van der Waals surface area contributed by atoms with Gasteiger partial charge in [0.15, 0.2) is 0 Å². The summed E-state index contributed by atoms with van der Waals surface area (Å²) < 4.78 is 0. The molecule has 0 aliphatic heterocycles. The van der Waals surface area contributed by atoms with Crippen molar-refractivity contribution in [3.8, 4) is 0 Å². The molecule has 90 valence electrons. The van der Waals surface area contributed by atoms with E-state index >= 15 is 0 Å². The van der Waals surface area contributed by atoms with E-state index in [0.717, 1.165) is 24.3 Å². The zero-order valence-electron chi connectivity index (χ0n) is 11.1. The van der Waals surface area contributed by atoms with Crippen LogP contribution in [0.25, 0.3) is 0 Å². The van der Waals surface area contributed by atoms with Crippen LogP contribution in [0.2, 0.25) is 0 Å². The lowest BCUT2D eigenvalue weighted by atomic mass is 9.74. The van der Waals surface area contributed by atoms with Gasteiger partial charge in [0.2, 0.25) is 0 Å².